The highest BCUT2D eigenvalue weighted by atomic mass is 16.3. The van der Waals surface area contributed by atoms with Crippen LogP contribution < -0.4 is 5.73 Å². The van der Waals surface area contributed by atoms with Gasteiger partial charge in [-0.05, 0) is 18.8 Å². The van der Waals surface area contributed by atoms with E-state index in [2.05, 4.69) is 0 Å². The zero-order chi connectivity index (χ0) is 13.0. The summed E-state index contributed by atoms with van der Waals surface area (Å²) in [6, 6.07) is -0.500. The van der Waals surface area contributed by atoms with E-state index in [9.17, 15) is 9.90 Å². The van der Waals surface area contributed by atoms with Crippen molar-refractivity contribution in [3.63, 3.8) is 0 Å². The number of piperidine rings is 1. The molecule has 0 aromatic carbocycles. The number of hydrogen-bond donors (Lipinski definition) is 3. The molecule has 0 aromatic heterocycles. The van der Waals surface area contributed by atoms with Crippen molar-refractivity contribution in [1.82, 2.24) is 4.90 Å². The summed E-state index contributed by atoms with van der Waals surface area (Å²) >= 11 is 0. The van der Waals surface area contributed by atoms with Gasteiger partial charge in [-0.1, -0.05) is 13.8 Å². The van der Waals surface area contributed by atoms with Crippen LogP contribution in [0, 0.1) is 11.8 Å². The highest BCUT2D eigenvalue weighted by Gasteiger charge is 2.30. The van der Waals surface area contributed by atoms with Gasteiger partial charge in [0.25, 0.3) is 0 Å². The molecule has 0 aliphatic carbocycles. The Morgan fingerprint density at radius 1 is 1.47 bits per heavy atom. The number of hydrogen-bond acceptors (Lipinski definition) is 4. The van der Waals surface area contributed by atoms with Gasteiger partial charge in [0.2, 0.25) is 5.91 Å². The Labute approximate surface area is 103 Å². The second kappa shape index (κ2) is 6.33. The second-order valence-electron chi connectivity index (χ2n) is 5.42. The Morgan fingerprint density at radius 2 is 2.12 bits per heavy atom. The van der Waals surface area contributed by atoms with E-state index in [0.29, 0.717) is 31.8 Å². The molecule has 1 fully saturated rings. The van der Waals surface area contributed by atoms with E-state index in [1.54, 1.807) is 4.90 Å². The molecule has 100 valence electrons. The van der Waals surface area contributed by atoms with Crippen molar-refractivity contribution in [2.45, 2.75) is 38.8 Å². The molecule has 0 saturated carbocycles. The number of rotatable bonds is 4. The van der Waals surface area contributed by atoms with E-state index in [4.69, 9.17) is 10.8 Å². The van der Waals surface area contributed by atoms with Gasteiger partial charge in [0.15, 0.2) is 0 Å². The average Bonchev–Trinajstić information content (AvgIpc) is 2.26. The minimum Gasteiger partial charge on any atom is -0.396 e. The van der Waals surface area contributed by atoms with Gasteiger partial charge in [0.1, 0.15) is 0 Å². The first kappa shape index (κ1) is 14.4. The molecule has 1 rings (SSSR count). The van der Waals surface area contributed by atoms with Crippen molar-refractivity contribution in [1.29, 1.82) is 0 Å². The monoisotopic (exact) mass is 244 g/mol. The van der Waals surface area contributed by atoms with Crippen LogP contribution in [0.4, 0.5) is 0 Å². The molecule has 1 aliphatic heterocycles. The van der Waals surface area contributed by atoms with Crippen molar-refractivity contribution >= 4 is 5.91 Å². The maximum absolute atomic E-state index is 12.0. The first-order valence-electron chi connectivity index (χ1n) is 6.27. The quantitative estimate of drug-likeness (QED) is 0.626. The van der Waals surface area contributed by atoms with E-state index in [1.807, 2.05) is 13.8 Å². The smallest absolute Gasteiger partial charge is 0.239 e. The maximum atomic E-state index is 12.0. The maximum Gasteiger partial charge on any atom is 0.239 e. The van der Waals surface area contributed by atoms with Gasteiger partial charge in [0, 0.05) is 25.6 Å². The summed E-state index contributed by atoms with van der Waals surface area (Å²) in [6.07, 6.45) is 0.658. The van der Waals surface area contributed by atoms with E-state index >= 15 is 0 Å². The van der Waals surface area contributed by atoms with Crippen LogP contribution in [0.25, 0.3) is 0 Å². The van der Waals surface area contributed by atoms with Gasteiger partial charge >= 0.3 is 0 Å². The van der Waals surface area contributed by atoms with Crippen LogP contribution in [0.15, 0.2) is 0 Å². The van der Waals surface area contributed by atoms with Crippen LogP contribution in [0.3, 0.4) is 0 Å². The summed E-state index contributed by atoms with van der Waals surface area (Å²) in [5.41, 5.74) is 5.85. The van der Waals surface area contributed by atoms with Gasteiger partial charge < -0.3 is 20.8 Å². The number of amides is 1. The molecule has 1 saturated heterocycles. The molecule has 1 aliphatic rings. The summed E-state index contributed by atoms with van der Waals surface area (Å²) in [5.74, 6) is 0.224. The number of likely N-dealkylation sites (tertiary alicyclic amines) is 1. The molecular weight excluding hydrogens is 220 g/mol. The SMILES string of the molecule is CC(C)C[C@H](N)C(=O)N1C[C@@H](O)C[C@@H](CO)C1. The molecule has 0 bridgehead atoms. The molecule has 3 atom stereocenters. The molecule has 0 radical (unpaired) electrons. The molecule has 5 heteroatoms. The van der Waals surface area contributed by atoms with E-state index in [1.165, 1.54) is 0 Å². The highest BCUT2D eigenvalue weighted by Crippen LogP contribution is 2.18. The molecule has 4 N–H and O–H groups in total. The lowest BCUT2D eigenvalue weighted by Gasteiger charge is -2.36. The molecular formula is C12H24N2O3. The summed E-state index contributed by atoms with van der Waals surface area (Å²) in [6.45, 7) is 4.88. The van der Waals surface area contributed by atoms with Crippen molar-refractivity contribution < 1.29 is 15.0 Å². The number of β-amino-alcohol motifs (C(OH)–C–C–N with tert-alkyl or cyclic N) is 1. The zero-order valence-electron chi connectivity index (χ0n) is 10.7. The van der Waals surface area contributed by atoms with Gasteiger partial charge in [0.05, 0.1) is 12.1 Å². The van der Waals surface area contributed by atoms with Crippen LogP contribution >= 0.6 is 0 Å². The first-order valence-corrected chi connectivity index (χ1v) is 6.27. The fourth-order valence-electron chi connectivity index (χ4n) is 2.33. The first-order chi connectivity index (χ1) is 7.93. The van der Waals surface area contributed by atoms with E-state index in [0.717, 1.165) is 0 Å². The number of carbonyl (C=O) groups excluding carboxylic acids is 1. The third-order valence-electron chi connectivity index (χ3n) is 3.13. The molecule has 0 aromatic rings. The number of carbonyl (C=O) groups is 1. The minimum atomic E-state index is -0.545. The number of nitrogens with two attached hydrogens (primary N) is 1. The Hall–Kier alpha value is -0.650. The second-order valence-corrected chi connectivity index (χ2v) is 5.42. The third kappa shape index (κ3) is 4.26. The molecule has 17 heavy (non-hydrogen) atoms. The van der Waals surface area contributed by atoms with Crippen LogP contribution in [-0.4, -0.2) is 52.9 Å². The standard InChI is InChI=1S/C12H24N2O3/c1-8(2)3-11(13)12(17)14-5-9(7-15)4-10(16)6-14/h8-11,15-16H,3-7,13H2,1-2H3/t9-,10+,11+/m1/s1. The Morgan fingerprint density at radius 3 is 2.65 bits per heavy atom. The van der Waals surface area contributed by atoms with Gasteiger partial charge in [-0.3, -0.25) is 4.79 Å². The van der Waals surface area contributed by atoms with Crippen LogP contribution in [0.1, 0.15) is 26.7 Å². The van der Waals surface area contributed by atoms with Crippen LogP contribution in [0.2, 0.25) is 0 Å². The number of aliphatic hydroxyl groups is 2. The minimum absolute atomic E-state index is 0.000257. The van der Waals surface area contributed by atoms with E-state index < -0.39 is 12.1 Å². The largest absolute Gasteiger partial charge is 0.396 e. The fourth-order valence-corrected chi connectivity index (χ4v) is 2.33. The predicted molar refractivity (Wildman–Crippen MR) is 65.2 cm³/mol. The topological polar surface area (TPSA) is 86.8 Å². The predicted octanol–water partition coefficient (Wildman–Crippen LogP) is -0.438. The van der Waals surface area contributed by atoms with Crippen molar-refractivity contribution in [3.8, 4) is 0 Å². The molecule has 0 spiro atoms. The van der Waals surface area contributed by atoms with Crippen molar-refractivity contribution in [2.24, 2.45) is 17.6 Å². The Bertz CT molecular complexity index is 258. The normalized spacial score (nSPS) is 27.3. The van der Waals surface area contributed by atoms with Crippen LogP contribution in [0.5, 0.6) is 0 Å². The summed E-state index contributed by atoms with van der Waals surface area (Å²) in [4.78, 5) is 13.6. The van der Waals surface area contributed by atoms with Gasteiger partial charge in [-0.15, -0.1) is 0 Å². The molecule has 5 nitrogen and oxygen atoms in total. The van der Waals surface area contributed by atoms with Gasteiger partial charge in [-0.2, -0.15) is 0 Å². The average molecular weight is 244 g/mol. The van der Waals surface area contributed by atoms with Crippen molar-refractivity contribution in [2.75, 3.05) is 19.7 Å². The lowest BCUT2D eigenvalue weighted by atomic mass is 9.95. The lowest BCUT2D eigenvalue weighted by molar-refractivity contribution is -0.138. The molecule has 1 amide bonds. The van der Waals surface area contributed by atoms with Crippen LogP contribution in [-0.2, 0) is 4.79 Å². The van der Waals surface area contributed by atoms with Crippen molar-refractivity contribution in [3.05, 3.63) is 0 Å². The number of aliphatic hydroxyl groups excluding tert-OH is 2. The molecule has 0 unspecified atom stereocenters. The van der Waals surface area contributed by atoms with Gasteiger partial charge in [-0.25, -0.2) is 0 Å². The summed E-state index contributed by atoms with van der Waals surface area (Å²) in [5, 5.41) is 18.8. The third-order valence-corrected chi connectivity index (χ3v) is 3.13. The lowest BCUT2D eigenvalue weighted by Crippen LogP contribution is -2.52. The zero-order valence-corrected chi connectivity index (χ0v) is 10.7. The molecule has 1 heterocycles. The Balaban J connectivity index is 2.55. The summed E-state index contributed by atoms with van der Waals surface area (Å²) in [7, 11) is 0. The highest BCUT2D eigenvalue weighted by molar-refractivity contribution is 5.81. The number of nitrogens with zero attached hydrogens (tertiary/aromatic N) is 1. The van der Waals surface area contributed by atoms with E-state index in [-0.39, 0.29) is 18.4 Å². The Kier molecular flexibility index (Phi) is 5.36. The summed E-state index contributed by atoms with van der Waals surface area (Å²) < 4.78 is 0. The fraction of sp³-hybridized carbons (Fsp3) is 0.917.